The molecule has 2 fully saturated rings. The number of nitrogens with zero attached hydrogens (tertiary/aromatic N) is 3. The summed E-state index contributed by atoms with van der Waals surface area (Å²) in [6.45, 7) is 0.177. The lowest BCUT2D eigenvalue weighted by Crippen LogP contribution is -2.56. The number of likely N-dealkylation sites (tertiary alicyclic amines) is 1. The fraction of sp³-hybridized carbons (Fsp3) is 0.303. The van der Waals surface area contributed by atoms with Crippen LogP contribution in [0, 0.1) is 17.5 Å². The van der Waals surface area contributed by atoms with E-state index in [0.717, 1.165) is 29.2 Å². The highest BCUT2D eigenvalue weighted by Crippen LogP contribution is 2.41. The zero-order valence-corrected chi connectivity index (χ0v) is 29.0. The van der Waals surface area contributed by atoms with Gasteiger partial charge in [-0.05, 0) is 49.1 Å². The second-order valence-corrected chi connectivity index (χ2v) is 13.2. The summed E-state index contributed by atoms with van der Waals surface area (Å²) in [5.74, 6) is -10.7. The number of phenolic OH excluding ortho intramolecular Hbond substituents is 3. The van der Waals surface area contributed by atoms with Gasteiger partial charge in [-0.3, -0.25) is 4.79 Å². The molecular weight excluding hydrogens is 760 g/mol. The van der Waals surface area contributed by atoms with Gasteiger partial charge in [0.2, 0.25) is 5.91 Å². The largest absolute Gasteiger partial charge is 0.547 e. The molecule has 2 unspecified atom stereocenters. The lowest BCUT2D eigenvalue weighted by Gasteiger charge is -2.36. The Kier molecular flexibility index (Phi) is 10.8. The second kappa shape index (κ2) is 15.3. The van der Waals surface area contributed by atoms with Crippen molar-refractivity contribution in [3.63, 3.8) is 0 Å². The highest BCUT2D eigenvalue weighted by molar-refractivity contribution is 6.47. The first-order valence-electron chi connectivity index (χ1n) is 16.6. The SMILES string of the molecule is O=C(O)c1c(F)ccc2c1OB(O)C(NC(=O)C(NC(=O)N1CCN(C3CCN(C(=O)Nc4cc(O)ccc4F)CC3)C1=O)c1cc(F)c(O)c(O)c1Cl)C2. The third-order valence-corrected chi connectivity index (χ3v) is 9.86. The quantitative estimate of drug-likeness (QED) is 0.128. The maximum absolute atomic E-state index is 14.7. The summed E-state index contributed by atoms with van der Waals surface area (Å²) in [5, 5.41) is 56.1. The number of halogens is 4. The first kappa shape index (κ1) is 38.6. The predicted octanol–water partition coefficient (Wildman–Crippen LogP) is 2.90. The van der Waals surface area contributed by atoms with Crippen LogP contribution in [0.5, 0.6) is 23.0 Å². The van der Waals surface area contributed by atoms with Gasteiger partial charge in [-0.1, -0.05) is 17.7 Å². The highest BCUT2D eigenvalue weighted by atomic mass is 35.5. The van der Waals surface area contributed by atoms with E-state index in [1.807, 2.05) is 0 Å². The minimum Gasteiger partial charge on any atom is -0.534 e. The molecule has 55 heavy (non-hydrogen) atoms. The fourth-order valence-corrected chi connectivity index (χ4v) is 6.86. The minimum atomic E-state index is -1.99. The summed E-state index contributed by atoms with van der Waals surface area (Å²) in [5.41, 5.74) is -1.56. The number of hydrogen-bond acceptors (Lipinski definition) is 10. The number of aromatic hydroxyl groups is 3. The van der Waals surface area contributed by atoms with Crippen LogP contribution in [-0.4, -0.2) is 115 Å². The number of carbonyl (C=O) groups excluding carboxylic acids is 4. The Labute approximate surface area is 314 Å². The molecule has 3 aliphatic heterocycles. The van der Waals surface area contributed by atoms with Crippen LogP contribution in [0.15, 0.2) is 36.4 Å². The third-order valence-electron chi connectivity index (χ3n) is 9.46. The van der Waals surface area contributed by atoms with Gasteiger partial charge in [0.05, 0.1) is 16.7 Å². The molecule has 2 saturated heterocycles. The Balaban J connectivity index is 1.15. The van der Waals surface area contributed by atoms with E-state index in [2.05, 4.69) is 16.0 Å². The maximum Gasteiger partial charge on any atom is 0.547 e. The molecule has 7 amide bonds. The first-order chi connectivity index (χ1) is 26.0. The lowest BCUT2D eigenvalue weighted by molar-refractivity contribution is -0.123. The van der Waals surface area contributed by atoms with Gasteiger partial charge in [-0.2, -0.15) is 0 Å². The number of hydrogen-bond donors (Lipinski definition) is 8. The highest BCUT2D eigenvalue weighted by Gasteiger charge is 2.43. The summed E-state index contributed by atoms with van der Waals surface area (Å²) in [6, 6.07) is 0.766. The van der Waals surface area contributed by atoms with Crippen LogP contribution in [0.1, 0.15) is 40.4 Å². The number of benzene rings is 3. The van der Waals surface area contributed by atoms with E-state index in [1.54, 1.807) is 0 Å². The van der Waals surface area contributed by atoms with E-state index in [9.17, 15) is 62.6 Å². The number of carboxylic acid groups (broad SMARTS) is 1. The molecule has 17 nitrogen and oxygen atoms in total. The number of amides is 7. The molecule has 8 N–H and O–H groups in total. The molecule has 0 spiro atoms. The molecule has 3 aromatic carbocycles. The second-order valence-electron chi connectivity index (χ2n) is 12.8. The van der Waals surface area contributed by atoms with Crippen LogP contribution >= 0.6 is 11.6 Å². The van der Waals surface area contributed by atoms with Gasteiger partial charge >= 0.3 is 31.2 Å². The van der Waals surface area contributed by atoms with E-state index >= 15 is 0 Å². The first-order valence-corrected chi connectivity index (χ1v) is 17.0. The number of nitrogens with one attached hydrogen (secondary N) is 3. The van der Waals surface area contributed by atoms with Gasteiger partial charge in [-0.15, -0.1) is 0 Å². The van der Waals surface area contributed by atoms with Gasteiger partial charge in [0, 0.05) is 43.9 Å². The number of anilines is 1. The van der Waals surface area contributed by atoms with Crippen molar-refractivity contribution in [1.29, 1.82) is 0 Å². The van der Waals surface area contributed by atoms with Crippen molar-refractivity contribution in [3.05, 3.63) is 75.6 Å². The average Bonchev–Trinajstić information content (AvgIpc) is 3.54. The van der Waals surface area contributed by atoms with Crippen LogP contribution in [0.3, 0.4) is 0 Å². The number of carboxylic acids is 1. The van der Waals surface area contributed by atoms with Gasteiger partial charge in [0.1, 0.15) is 34.7 Å². The van der Waals surface area contributed by atoms with E-state index in [0.29, 0.717) is 6.07 Å². The van der Waals surface area contributed by atoms with Crippen molar-refractivity contribution in [1.82, 2.24) is 25.3 Å². The van der Waals surface area contributed by atoms with Crippen molar-refractivity contribution in [2.75, 3.05) is 31.5 Å². The number of piperidine rings is 1. The molecule has 0 radical (unpaired) electrons. The molecule has 3 aliphatic rings. The maximum atomic E-state index is 14.7. The van der Waals surface area contributed by atoms with Gasteiger partial charge in [-0.25, -0.2) is 37.2 Å². The van der Waals surface area contributed by atoms with E-state index in [4.69, 9.17) is 16.3 Å². The molecular formula is C33H31BClF3N6O11. The predicted molar refractivity (Wildman–Crippen MR) is 184 cm³/mol. The zero-order valence-electron chi connectivity index (χ0n) is 28.3. The van der Waals surface area contributed by atoms with Crippen LogP contribution < -0.4 is 20.6 Å². The summed E-state index contributed by atoms with van der Waals surface area (Å²) >= 11 is 6.18. The molecule has 3 aromatic rings. The average molecular weight is 791 g/mol. The van der Waals surface area contributed by atoms with Crippen molar-refractivity contribution in [3.8, 4) is 23.0 Å². The number of imide groups is 1. The van der Waals surface area contributed by atoms with Gasteiger partial charge in [0.25, 0.3) is 0 Å². The van der Waals surface area contributed by atoms with E-state index in [-0.39, 0.29) is 62.4 Å². The molecule has 0 saturated carbocycles. The standard InChI is InChI=1S/C33H31BClF3N6O11/c35-24-17(13-20(38)26(46)27(24)47)25(29(48)40-22-11-14-1-3-19(37)23(30(49)50)28(14)55-34(22)54)41-32(52)44-10-9-43(33(44)53)15-5-7-42(8-6-15)31(51)39-21-12-16(45)2-4-18(21)36/h1-4,12-13,15,22,25,45-47,54H,5-11H2,(H,39,51)(H,40,48)(H,41,52)(H,49,50). The normalized spacial score (nSPS) is 17.7. The van der Waals surface area contributed by atoms with Gasteiger partial charge < -0.3 is 55.9 Å². The summed E-state index contributed by atoms with van der Waals surface area (Å²) in [7, 11) is -1.95. The molecule has 2 atom stereocenters. The Morgan fingerprint density at radius 3 is 2.29 bits per heavy atom. The molecule has 0 bridgehead atoms. The Bertz CT molecular complexity index is 2090. The summed E-state index contributed by atoms with van der Waals surface area (Å²) in [6.07, 6.45) is 0.248. The third kappa shape index (κ3) is 7.65. The zero-order chi connectivity index (χ0) is 39.9. The molecule has 290 valence electrons. The number of fused-ring (bicyclic) bond motifs is 1. The topological polar surface area (TPSA) is 242 Å². The van der Waals surface area contributed by atoms with Crippen molar-refractivity contribution in [2.45, 2.75) is 37.3 Å². The van der Waals surface area contributed by atoms with E-state index < -0.39 is 106 Å². The smallest absolute Gasteiger partial charge is 0.534 e. The number of urea groups is 3. The minimum absolute atomic E-state index is 0.0494. The van der Waals surface area contributed by atoms with Crippen LogP contribution in [0.25, 0.3) is 0 Å². The number of rotatable bonds is 7. The fourth-order valence-electron chi connectivity index (χ4n) is 6.61. The molecule has 6 rings (SSSR count). The summed E-state index contributed by atoms with van der Waals surface area (Å²) < 4.78 is 48.2. The molecule has 3 heterocycles. The van der Waals surface area contributed by atoms with Crippen molar-refractivity contribution >= 4 is 54.4 Å². The molecule has 0 aromatic heterocycles. The summed E-state index contributed by atoms with van der Waals surface area (Å²) in [4.78, 5) is 68.8. The molecule has 22 heteroatoms. The number of aromatic carboxylic acids is 1. The van der Waals surface area contributed by atoms with Crippen molar-refractivity contribution in [2.24, 2.45) is 0 Å². The van der Waals surface area contributed by atoms with Crippen LogP contribution in [0.4, 0.5) is 33.2 Å². The van der Waals surface area contributed by atoms with Crippen LogP contribution in [0.2, 0.25) is 5.02 Å². The Morgan fingerprint density at radius 2 is 1.60 bits per heavy atom. The lowest BCUT2D eigenvalue weighted by atomic mass is 9.72. The van der Waals surface area contributed by atoms with Crippen LogP contribution in [-0.2, 0) is 11.2 Å². The number of carbonyl (C=O) groups is 5. The monoisotopic (exact) mass is 790 g/mol. The van der Waals surface area contributed by atoms with Gasteiger partial charge in [0.15, 0.2) is 17.3 Å². The van der Waals surface area contributed by atoms with E-state index in [1.165, 1.54) is 15.9 Å². The Morgan fingerprint density at radius 1 is 0.909 bits per heavy atom. The molecule has 0 aliphatic carbocycles. The Hall–Kier alpha value is -6.09. The number of phenols is 3. The van der Waals surface area contributed by atoms with Crippen molar-refractivity contribution < 1.29 is 67.2 Å².